The van der Waals surface area contributed by atoms with Crippen LogP contribution in [0.5, 0.6) is 5.75 Å². The van der Waals surface area contributed by atoms with Gasteiger partial charge in [0.25, 0.3) is 0 Å². The summed E-state index contributed by atoms with van der Waals surface area (Å²) in [4.78, 5) is 14.9. The molecule has 156 valence electrons. The zero-order chi connectivity index (χ0) is 21.6. The van der Waals surface area contributed by atoms with E-state index in [1.165, 1.54) is 17.8 Å². The van der Waals surface area contributed by atoms with Crippen molar-refractivity contribution in [1.82, 2.24) is 19.7 Å². The van der Waals surface area contributed by atoms with Gasteiger partial charge >= 0.3 is 5.69 Å². The normalized spacial score (nSPS) is 10.7. The number of thioether (sulfide) groups is 1. The van der Waals surface area contributed by atoms with E-state index >= 15 is 0 Å². The van der Waals surface area contributed by atoms with E-state index in [1.54, 1.807) is 30.6 Å². The summed E-state index contributed by atoms with van der Waals surface area (Å²) in [5, 5.41) is 20.6. The summed E-state index contributed by atoms with van der Waals surface area (Å²) in [6.45, 7) is 2.33. The van der Waals surface area contributed by atoms with E-state index in [0.717, 1.165) is 16.8 Å². The molecule has 2 aromatic carbocycles. The lowest BCUT2D eigenvalue weighted by Crippen LogP contribution is -2.05. The molecule has 2 aromatic heterocycles. The molecular weight excluding hydrogens is 414 g/mol. The van der Waals surface area contributed by atoms with Crippen molar-refractivity contribution in [3.05, 3.63) is 88.7 Å². The first-order valence-corrected chi connectivity index (χ1v) is 10.5. The molecule has 0 atom stereocenters. The highest BCUT2D eigenvalue weighted by molar-refractivity contribution is 7.99. The Morgan fingerprint density at radius 2 is 1.87 bits per heavy atom. The van der Waals surface area contributed by atoms with Crippen molar-refractivity contribution in [2.75, 3.05) is 12.4 Å². The lowest BCUT2D eigenvalue weighted by atomic mass is 10.2. The molecule has 9 heteroatoms. The van der Waals surface area contributed by atoms with Crippen LogP contribution in [-0.4, -0.2) is 37.0 Å². The van der Waals surface area contributed by atoms with Crippen molar-refractivity contribution in [2.24, 2.45) is 0 Å². The topological polar surface area (TPSA) is 96.0 Å². The number of aryl methyl sites for hydroxylation is 1. The number of benzene rings is 2. The maximum atomic E-state index is 11.1. The van der Waals surface area contributed by atoms with Crippen LogP contribution in [0.2, 0.25) is 0 Å². The summed E-state index contributed by atoms with van der Waals surface area (Å²) in [7, 11) is 0. The van der Waals surface area contributed by atoms with Crippen molar-refractivity contribution in [2.45, 2.75) is 12.1 Å². The minimum Gasteiger partial charge on any atom is -0.486 e. The van der Waals surface area contributed by atoms with Crippen molar-refractivity contribution in [1.29, 1.82) is 0 Å². The molecule has 4 rings (SSSR count). The van der Waals surface area contributed by atoms with E-state index in [1.807, 2.05) is 47.9 Å². The Bertz CT molecular complexity index is 1200. The number of pyridine rings is 1. The maximum absolute atomic E-state index is 11.1. The van der Waals surface area contributed by atoms with Crippen LogP contribution < -0.4 is 4.74 Å². The van der Waals surface area contributed by atoms with E-state index in [9.17, 15) is 10.1 Å². The molecule has 0 spiro atoms. The Kier molecular flexibility index (Phi) is 6.23. The number of para-hydroxylation sites is 3. The Morgan fingerprint density at radius 3 is 2.65 bits per heavy atom. The highest BCUT2D eigenvalue weighted by Gasteiger charge is 2.18. The summed E-state index contributed by atoms with van der Waals surface area (Å²) in [6, 6.07) is 18.2. The number of ether oxygens (including phenoxy) is 1. The average Bonchev–Trinajstić information content (AvgIpc) is 3.21. The zero-order valence-corrected chi connectivity index (χ0v) is 17.5. The molecule has 4 aromatic rings. The van der Waals surface area contributed by atoms with E-state index in [-0.39, 0.29) is 11.4 Å². The number of hydrogen-bond acceptors (Lipinski definition) is 7. The molecule has 2 heterocycles. The molecule has 0 amide bonds. The molecule has 0 fully saturated rings. The third-order valence-corrected chi connectivity index (χ3v) is 5.44. The molecule has 0 saturated heterocycles. The lowest BCUT2D eigenvalue weighted by molar-refractivity contribution is -0.385. The number of rotatable bonds is 8. The van der Waals surface area contributed by atoms with Crippen LogP contribution in [-0.2, 0) is 0 Å². The van der Waals surface area contributed by atoms with Gasteiger partial charge in [-0.25, -0.2) is 0 Å². The van der Waals surface area contributed by atoms with Crippen LogP contribution >= 0.6 is 11.8 Å². The van der Waals surface area contributed by atoms with Crippen LogP contribution in [0.3, 0.4) is 0 Å². The van der Waals surface area contributed by atoms with Crippen LogP contribution in [0.1, 0.15) is 5.56 Å². The molecule has 31 heavy (non-hydrogen) atoms. The summed E-state index contributed by atoms with van der Waals surface area (Å²) in [5.41, 5.74) is 2.88. The summed E-state index contributed by atoms with van der Waals surface area (Å²) in [6.07, 6.45) is 3.47. The van der Waals surface area contributed by atoms with Crippen LogP contribution in [0.25, 0.3) is 17.1 Å². The van der Waals surface area contributed by atoms with Crippen LogP contribution in [0.4, 0.5) is 5.69 Å². The SMILES string of the molecule is Cc1ccccc1-n1c(SCCOc2ccccc2[N+](=O)[O-])nnc1-c1cccnc1. The summed E-state index contributed by atoms with van der Waals surface area (Å²) in [5.74, 6) is 1.50. The van der Waals surface area contributed by atoms with E-state index in [4.69, 9.17) is 4.74 Å². The van der Waals surface area contributed by atoms with Crippen molar-refractivity contribution < 1.29 is 9.66 Å². The first-order valence-electron chi connectivity index (χ1n) is 9.56. The quantitative estimate of drug-likeness (QED) is 0.172. The fourth-order valence-corrected chi connectivity index (χ4v) is 3.85. The van der Waals surface area contributed by atoms with Gasteiger partial charge < -0.3 is 4.74 Å². The second-order valence-electron chi connectivity index (χ2n) is 6.59. The Hall–Kier alpha value is -3.72. The Balaban J connectivity index is 1.56. The fourth-order valence-electron chi connectivity index (χ4n) is 3.09. The molecular formula is C22H19N5O3S. The molecule has 0 radical (unpaired) electrons. The van der Waals surface area contributed by atoms with E-state index in [0.29, 0.717) is 23.3 Å². The van der Waals surface area contributed by atoms with Gasteiger partial charge in [-0.15, -0.1) is 10.2 Å². The molecule has 0 bridgehead atoms. The zero-order valence-electron chi connectivity index (χ0n) is 16.7. The molecule has 0 saturated carbocycles. The predicted molar refractivity (Wildman–Crippen MR) is 119 cm³/mol. The number of hydrogen-bond donors (Lipinski definition) is 0. The second-order valence-corrected chi connectivity index (χ2v) is 7.65. The molecule has 0 N–H and O–H groups in total. The van der Waals surface area contributed by atoms with Crippen LogP contribution in [0.15, 0.2) is 78.2 Å². The highest BCUT2D eigenvalue weighted by atomic mass is 32.2. The molecule has 0 aliphatic rings. The maximum Gasteiger partial charge on any atom is 0.310 e. The minimum absolute atomic E-state index is 0.0468. The van der Waals surface area contributed by atoms with E-state index < -0.39 is 4.92 Å². The third kappa shape index (κ3) is 4.56. The Morgan fingerprint density at radius 1 is 1.06 bits per heavy atom. The average molecular weight is 433 g/mol. The summed E-state index contributed by atoms with van der Waals surface area (Å²) < 4.78 is 7.65. The van der Waals surface area contributed by atoms with E-state index in [2.05, 4.69) is 15.2 Å². The second kappa shape index (κ2) is 9.40. The van der Waals surface area contributed by atoms with Gasteiger partial charge in [0.2, 0.25) is 0 Å². The van der Waals surface area contributed by atoms with Crippen molar-refractivity contribution >= 4 is 17.4 Å². The van der Waals surface area contributed by atoms with Gasteiger partial charge in [0.1, 0.15) is 0 Å². The van der Waals surface area contributed by atoms with Gasteiger partial charge in [0.05, 0.1) is 17.2 Å². The number of nitro benzene ring substituents is 1. The number of nitro groups is 1. The highest BCUT2D eigenvalue weighted by Crippen LogP contribution is 2.30. The monoisotopic (exact) mass is 433 g/mol. The molecule has 0 aliphatic carbocycles. The van der Waals surface area contributed by atoms with Gasteiger partial charge in [0, 0.05) is 29.8 Å². The van der Waals surface area contributed by atoms with Crippen molar-refractivity contribution in [3.63, 3.8) is 0 Å². The van der Waals surface area contributed by atoms with Gasteiger partial charge in [-0.3, -0.25) is 19.7 Å². The standard InChI is InChI=1S/C22H19N5O3S/c1-16-7-2-3-9-18(16)26-21(17-8-6-12-23-15-17)24-25-22(26)31-14-13-30-20-11-5-4-10-19(20)27(28)29/h2-12,15H,13-14H2,1H3. The lowest BCUT2D eigenvalue weighted by Gasteiger charge is -2.13. The van der Waals surface area contributed by atoms with Gasteiger partial charge in [-0.2, -0.15) is 0 Å². The van der Waals surface area contributed by atoms with Crippen molar-refractivity contribution in [3.8, 4) is 22.8 Å². The van der Waals surface area contributed by atoms with Gasteiger partial charge in [-0.1, -0.05) is 42.1 Å². The number of nitrogens with zero attached hydrogens (tertiary/aromatic N) is 5. The molecule has 0 unspecified atom stereocenters. The fraction of sp³-hybridized carbons (Fsp3) is 0.136. The third-order valence-electron chi connectivity index (χ3n) is 4.54. The van der Waals surface area contributed by atoms with Crippen LogP contribution in [0, 0.1) is 17.0 Å². The predicted octanol–water partition coefficient (Wildman–Crippen LogP) is 4.72. The first-order chi connectivity index (χ1) is 15.1. The number of aromatic nitrogens is 4. The van der Waals surface area contributed by atoms with Gasteiger partial charge in [-0.05, 0) is 36.8 Å². The smallest absolute Gasteiger partial charge is 0.310 e. The Labute approximate surface area is 183 Å². The molecule has 0 aliphatic heterocycles. The first kappa shape index (κ1) is 20.5. The minimum atomic E-state index is -0.447. The van der Waals surface area contributed by atoms with Gasteiger partial charge in [0.15, 0.2) is 16.7 Å². The summed E-state index contributed by atoms with van der Waals surface area (Å²) >= 11 is 1.47. The largest absolute Gasteiger partial charge is 0.486 e. The molecule has 8 nitrogen and oxygen atoms in total.